The van der Waals surface area contributed by atoms with Gasteiger partial charge in [-0.2, -0.15) is 0 Å². The third-order valence-corrected chi connectivity index (χ3v) is 5.60. The van der Waals surface area contributed by atoms with E-state index >= 15 is 0 Å². The SMILES string of the molecule is O=C1NC(=O)c2cc(S(=O)(=O)Nc3cccc(OCc4ccccn4)c3)ccc21. The monoisotopic (exact) mass is 409 g/mol. The molecule has 1 aliphatic rings. The summed E-state index contributed by atoms with van der Waals surface area (Å²) in [5, 5.41) is 2.13. The molecule has 0 bridgehead atoms. The lowest BCUT2D eigenvalue weighted by atomic mass is 10.1. The van der Waals surface area contributed by atoms with Crippen LogP contribution in [0.2, 0.25) is 0 Å². The zero-order valence-corrected chi connectivity index (χ0v) is 15.8. The second-order valence-electron chi connectivity index (χ2n) is 6.23. The van der Waals surface area contributed by atoms with E-state index in [1.54, 1.807) is 36.5 Å². The predicted molar refractivity (Wildman–Crippen MR) is 104 cm³/mol. The molecule has 0 spiro atoms. The largest absolute Gasteiger partial charge is 0.487 e. The molecule has 8 nitrogen and oxygen atoms in total. The minimum absolute atomic E-state index is 0.0327. The normalized spacial score (nSPS) is 13.0. The molecule has 1 aliphatic heterocycles. The minimum atomic E-state index is -3.97. The van der Waals surface area contributed by atoms with Crippen LogP contribution in [0.3, 0.4) is 0 Å². The van der Waals surface area contributed by atoms with Gasteiger partial charge in [-0.1, -0.05) is 12.1 Å². The Kier molecular flexibility index (Phi) is 4.73. The van der Waals surface area contributed by atoms with E-state index in [1.165, 1.54) is 18.2 Å². The van der Waals surface area contributed by atoms with Crippen molar-refractivity contribution in [3.05, 3.63) is 83.7 Å². The molecule has 1 aromatic heterocycles. The first kappa shape index (κ1) is 18.6. The highest BCUT2D eigenvalue weighted by atomic mass is 32.2. The number of nitrogens with zero attached hydrogens (tertiary/aromatic N) is 1. The number of pyridine rings is 1. The van der Waals surface area contributed by atoms with Crippen LogP contribution in [0.4, 0.5) is 5.69 Å². The van der Waals surface area contributed by atoms with Crippen molar-refractivity contribution < 1.29 is 22.7 Å². The zero-order valence-electron chi connectivity index (χ0n) is 15.0. The van der Waals surface area contributed by atoms with Crippen molar-refractivity contribution in [2.75, 3.05) is 4.72 Å². The van der Waals surface area contributed by atoms with Gasteiger partial charge in [0, 0.05) is 12.3 Å². The van der Waals surface area contributed by atoms with E-state index in [4.69, 9.17) is 4.74 Å². The van der Waals surface area contributed by atoms with Crippen molar-refractivity contribution in [1.82, 2.24) is 10.3 Å². The topological polar surface area (TPSA) is 114 Å². The van der Waals surface area contributed by atoms with Gasteiger partial charge in [-0.25, -0.2) is 8.42 Å². The van der Waals surface area contributed by atoms with Gasteiger partial charge >= 0.3 is 0 Å². The first-order valence-electron chi connectivity index (χ1n) is 8.58. The summed E-state index contributed by atoms with van der Waals surface area (Å²) in [6.07, 6.45) is 1.66. The maximum Gasteiger partial charge on any atom is 0.261 e. The van der Waals surface area contributed by atoms with Gasteiger partial charge in [0.15, 0.2) is 0 Å². The number of ether oxygens (including phenoxy) is 1. The molecule has 2 N–H and O–H groups in total. The summed E-state index contributed by atoms with van der Waals surface area (Å²) in [4.78, 5) is 27.4. The summed E-state index contributed by atoms with van der Waals surface area (Å²) < 4.78 is 33.5. The summed E-state index contributed by atoms with van der Waals surface area (Å²) >= 11 is 0. The molecule has 0 atom stereocenters. The summed E-state index contributed by atoms with van der Waals surface area (Å²) in [5.74, 6) is -0.693. The van der Waals surface area contributed by atoms with Crippen molar-refractivity contribution >= 4 is 27.5 Å². The first-order chi connectivity index (χ1) is 13.9. The number of nitrogens with one attached hydrogen (secondary N) is 2. The van der Waals surface area contributed by atoms with Crippen molar-refractivity contribution in [3.8, 4) is 5.75 Å². The van der Waals surface area contributed by atoms with E-state index < -0.39 is 21.8 Å². The Morgan fingerprint density at radius 1 is 0.931 bits per heavy atom. The Morgan fingerprint density at radius 2 is 1.76 bits per heavy atom. The quantitative estimate of drug-likeness (QED) is 0.604. The fraction of sp³-hybridized carbons (Fsp3) is 0.0500. The molecule has 2 amide bonds. The van der Waals surface area contributed by atoms with Gasteiger partial charge in [0.1, 0.15) is 12.4 Å². The smallest absolute Gasteiger partial charge is 0.261 e. The number of aromatic nitrogens is 1. The molecule has 3 aromatic rings. The molecule has 0 unspecified atom stereocenters. The Hall–Kier alpha value is -3.72. The van der Waals surface area contributed by atoms with Gasteiger partial charge < -0.3 is 4.74 Å². The highest BCUT2D eigenvalue weighted by Crippen LogP contribution is 2.24. The van der Waals surface area contributed by atoms with Gasteiger partial charge in [-0.05, 0) is 42.5 Å². The van der Waals surface area contributed by atoms with E-state index in [2.05, 4.69) is 15.0 Å². The van der Waals surface area contributed by atoms with Crippen LogP contribution in [-0.2, 0) is 16.6 Å². The van der Waals surface area contributed by atoms with Crippen molar-refractivity contribution in [2.24, 2.45) is 0 Å². The molecule has 0 radical (unpaired) electrons. The molecule has 0 fully saturated rings. The molecular weight excluding hydrogens is 394 g/mol. The van der Waals surface area contributed by atoms with Gasteiger partial charge in [0.25, 0.3) is 21.8 Å². The number of amides is 2. The van der Waals surface area contributed by atoms with Gasteiger partial charge in [-0.15, -0.1) is 0 Å². The number of hydrogen-bond acceptors (Lipinski definition) is 6. The van der Waals surface area contributed by atoms with E-state index in [0.717, 1.165) is 5.69 Å². The fourth-order valence-electron chi connectivity index (χ4n) is 2.82. The number of carbonyl (C=O) groups excluding carboxylic acids is 2. The molecule has 29 heavy (non-hydrogen) atoms. The van der Waals surface area contributed by atoms with Gasteiger partial charge in [0.05, 0.1) is 27.4 Å². The average molecular weight is 409 g/mol. The molecule has 146 valence electrons. The first-order valence-corrected chi connectivity index (χ1v) is 10.1. The number of sulfonamides is 1. The Balaban J connectivity index is 1.52. The predicted octanol–water partition coefficient (Wildman–Crippen LogP) is 2.34. The Bertz CT molecular complexity index is 1210. The van der Waals surface area contributed by atoms with Crippen LogP contribution < -0.4 is 14.8 Å². The molecule has 4 rings (SSSR count). The van der Waals surface area contributed by atoms with Crippen LogP contribution in [0.25, 0.3) is 0 Å². The summed E-state index contributed by atoms with van der Waals surface area (Å²) in [5.41, 5.74) is 1.22. The fourth-order valence-corrected chi connectivity index (χ4v) is 3.89. The lowest BCUT2D eigenvalue weighted by Crippen LogP contribution is -2.19. The van der Waals surface area contributed by atoms with Crippen LogP contribution in [0.5, 0.6) is 5.75 Å². The van der Waals surface area contributed by atoms with Crippen LogP contribution in [0, 0.1) is 0 Å². The summed E-state index contributed by atoms with van der Waals surface area (Å²) in [6, 6.07) is 15.7. The second-order valence-corrected chi connectivity index (χ2v) is 7.92. The number of imide groups is 1. The van der Waals surface area contributed by atoms with Crippen LogP contribution in [-0.4, -0.2) is 25.2 Å². The highest BCUT2D eigenvalue weighted by Gasteiger charge is 2.28. The molecule has 0 aliphatic carbocycles. The standard InChI is InChI=1S/C20H15N3O5S/c24-19-17-8-7-16(11-18(17)20(25)22-19)29(26,27)23-13-5-3-6-15(10-13)28-12-14-4-1-2-9-21-14/h1-11,23H,12H2,(H,22,24,25). The Morgan fingerprint density at radius 3 is 2.55 bits per heavy atom. The maximum atomic E-state index is 12.7. The third-order valence-electron chi connectivity index (χ3n) is 4.22. The zero-order chi connectivity index (χ0) is 20.4. The molecule has 9 heteroatoms. The number of rotatable bonds is 6. The lowest BCUT2D eigenvalue weighted by Gasteiger charge is -2.11. The minimum Gasteiger partial charge on any atom is -0.487 e. The molecule has 0 saturated heterocycles. The molecular formula is C20H15N3O5S. The molecule has 2 heterocycles. The van der Waals surface area contributed by atoms with E-state index in [0.29, 0.717) is 11.4 Å². The van der Waals surface area contributed by atoms with Gasteiger partial charge in [0.2, 0.25) is 0 Å². The van der Waals surface area contributed by atoms with Crippen LogP contribution in [0.15, 0.2) is 71.8 Å². The number of anilines is 1. The van der Waals surface area contributed by atoms with Crippen LogP contribution >= 0.6 is 0 Å². The van der Waals surface area contributed by atoms with Crippen LogP contribution in [0.1, 0.15) is 26.4 Å². The van der Waals surface area contributed by atoms with Gasteiger partial charge in [-0.3, -0.25) is 24.6 Å². The highest BCUT2D eigenvalue weighted by molar-refractivity contribution is 7.92. The molecule has 2 aromatic carbocycles. The van der Waals surface area contributed by atoms with Crippen molar-refractivity contribution in [1.29, 1.82) is 0 Å². The second kappa shape index (κ2) is 7.36. The third kappa shape index (κ3) is 3.94. The Labute approximate surface area is 166 Å². The molecule has 0 saturated carbocycles. The maximum absolute atomic E-state index is 12.7. The summed E-state index contributed by atoms with van der Waals surface area (Å²) in [6.45, 7) is 0.241. The lowest BCUT2D eigenvalue weighted by molar-refractivity contribution is 0.0879. The summed E-state index contributed by atoms with van der Waals surface area (Å²) in [7, 11) is -3.97. The van der Waals surface area contributed by atoms with Crippen molar-refractivity contribution in [2.45, 2.75) is 11.5 Å². The van der Waals surface area contributed by atoms with Crippen molar-refractivity contribution in [3.63, 3.8) is 0 Å². The van der Waals surface area contributed by atoms with E-state index in [9.17, 15) is 18.0 Å². The average Bonchev–Trinajstić information content (AvgIpc) is 3.00. The van der Waals surface area contributed by atoms with E-state index in [1.807, 2.05) is 12.1 Å². The van der Waals surface area contributed by atoms with E-state index in [-0.39, 0.29) is 22.6 Å². The number of hydrogen-bond donors (Lipinski definition) is 2. The number of fused-ring (bicyclic) bond motifs is 1. The number of benzene rings is 2. The number of carbonyl (C=O) groups is 2.